The summed E-state index contributed by atoms with van der Waals surface area (Å²) in [6.45, 7) is 19.5. The molecule has 3 rings (SSSR count). The molecule has 11 nitrogen and oxygen atoms in total. The summed E-state index contributed by atoms with van der Waals surface area (Å²) in [5.41, 5.74) is 7.06. The Morgan fingerprint density at radius 1 is 0.918 bits per heavy atom. The predicted octanol–water partition coefficient (Wildman–Crippen LogP) is 5.95. The molecule has 1 heterocycles. The molecule has 0 bridgehead atoms. The smallest absolute Gasteiger partial charge is 0.407 e. The number of piperidine rings is 1. The van der Waals surface area contributed by atoms with E-state index < -0.39 is 43.4 Å². The molecule has 0 unspecified atom stereocenters. The summed E-state index contributed by atoms with van der Waals surface area (Å²) in [7, 11) is -7.32. The topological polar surface area (TPSA) is 154 Å². The number of hydrogen-bond donors (Lipinski definition) is 2. The van der Waals surface area contributed by atoms with Crippen molar-refractivity contribution in [3.05, 3.63) is 71.8 Å². The van der Waals surface area contributed by atoms with Crippen molar-refractivity contribution >= 4 is 26.3 Å². The molecule has 49 heavy (non-hydrogen) atoms. The summed E-state index contributed by atoms with van der Waals surface area (Å²) in [4.78, 5) is 14.5. The van der Waals surface area contributed by atoms with E-state index in [1.807, 2.05) is 30.3 Å². The van der Waals surface area contributed by atoms with E-state index in [1.165, 1.54) is 30.6 Å². The highest BCUT2D eigenvalue weighted by Crippen LogP contribution is 2.32. The number of nitrogens with zero attached hydrogens (tertiary/aromatic N) is 1. The number of amides is 1. The summed E-state index contributed by atoms with van der Waals surface area (Å²) in [6.07, 6.45) is 2.67. The molecule has 280 valence electrons. The first-order valence-electron chi connectivity index (χ1n) is 16.6. The van der Waals surface area contributed by atoms with E-state index >= 15 is 0 Å². The fraction of sp³-hybridized carbons (Fsp3) is 0.639. The van der Waals surface area contributed by atoms with Crippen LogP contribution in [0.1, 0.15) is 79.4 Å². The average molecular weight is 728 g/mol. The van der Waals surface area contributed by atoms with Crippen molar-refractivity contribution in [3.8, 4) is 0 Å². The standard InChI is InChI=1S/C15H23N.C14H29NO8S2.C7H9N/c1-13-9-15(2,3)12-16(10-13)11-14-7-5-4-6-8-14;1-13(2,3)23-12(16)15-11(9-21-24(6,17)18)8-14(4,5)10-22-25(7,19)20;8-6-7-4-2-1-3-5-7/h4-8,13H,9-12H2,1-3H3;11H,8-10H2,1-7H3,(H,15,16);1-5H,6,8H2/t13-;11-;/m00./s1. The second kappa shape index (κ2) is 19.7. The zero-order valence-electron chi connectivity index (χ0n) is 31.2. The maximum absolute atomic E-state index is 11.9. The minimum atomic E-state index is -3.70. The van der Waals surface area contributed by atoms with Crippen LogP contribution in [-0.2, 0) is 46.4 Å². The fourth-order valence-electron chi connectivity index (χ4n) is 5.58. The number of carbonyl (C=O) groups is 1. The lowest BCUT2D eigenvalue weighted by Crippen LogP contribution is -2.44. The molecule has 0 aromatic heterocycles. The van der Waals surface area contributed by atoms with Gasteiger partial charge in [-0.2, -0.15) is 16.8 Å². The van der Waals surface area contributed by atoms with Crippen LogP contribution in [0, 0.1) is 16.7 Å². The Bertz CT molecular complexity index is 1460. The molecule has 2 atom stereocenters. The molecule has 0 radical (unpaired) electrons. The van der Waals surface area contributed by atoms with E-state index in [2.05, 4.69) is 61.3 Å². The quantitative estimate of drug-likeness (QED) is 0.251. The van der Waals surface area contributed by atoms with Crippen LogP contribution in [0.3, 0.4) is 0 Å². The number of alkyl carbamates (subject to hydrolysis) is 1. The summed E-state index contributed by atoms with van der Waals surface area (Å²) in [5, 5.41) is 2.54. The molecule has 1 aliphatic heterocycles. The van der Waals surface area contributed by atoms with Gasteiger partial charge in [0.2, 0.25) is 0 Å². The van der Waals surface area contributed by atoms with E-state index in [4.69, 9.17) is 18.8 Å². The van der Waals surface area contributed by atoms with Crippen molar-refractivity contribution in [1.29, 1.82) is 0 Å². The molecule has 2 aromatic rings. The third-order valence-electron chi connectivity index (χ3n) is 7.12. The lowest BCUT2D eigenvalue weighted by molar-refractivity contribution is 0.0457. The SMILES string of the molecule is CC(C)(COS(C)(=O)=O)C[C@@H](COS(C)(=O)=O)NC(=O)OC(C)(C)C.C[C@@H]1CN(Cc2ccccc2)CC(C)(C)C1.NCc1ccccc1. The first-order valence-corrected chi connectivity index (χ1v) is 20.2. The second-order valence-electron chi connectivity index (χ2n) is 15.5. The van der Waals surface area contributed by atoms with Gasteiger partial charge in [-0.1, -0.05) is 95.3 Å². The average Bonchev–Trinajstić information content (AvgIpc) is 2.94. The van der Waals surface area contributed by atoms with Gasteiger partial charge in [0.05, 0.1) is 31.8 Å². The van der Waals surface area contributed by atoms with Gasteiger partial charge in [0.25, 0.3) is 20.2 Å². The number of rotatable bonds is 12. The third-order valence-corrected chi connectivity index (χ3v) is 8.23. The molecule has 1 amide bonds. The van der Waals surface area contributed by atoms with Gasteiger partial charge in [-0.15, -0.1) is 0 Å². The first kappa shape index (κ1) is 44.5. The van der Waals surface area contributed by atoms with Crippen molar-refractivity contribution in [2.24, 2.45) is 22.5 Å². The van der Waals surface area contributed by atoms with E-state index in [0.717, 1.165) is 25.0 Å². The maximum Gasteiger partial charge on any atom is 0.407 e. The minimum absolute atomic E-state index is 0.128. The number of nitrogens with two attached hydrogens (primary N) is 1. The molecule has 0 saturated carbocycles. The summed E-state index contributed by atoms with van der Waals surface area (Å²) >= 11 is 0. The highest BCUT2D eigenvalue weighted by Gasteiger charge is 2.31. The Labute approximate surface area is 296 Å². The zero-order valence-corrected chi connectivity index (χ0v) is 32.8. The van der Waals surface area contributed by atoms with Crippen LogP contribution < -0.4 is 11.1 Å². The van der Waals surface area contributed by atoms with Gasteiger partial charge >= 0.3 is 6.09 Å². The highest BCUT2D eigenvalue weighted by molar-refractivity contribution is 7.86. The third kappa shape index (κ3) is 23.5. The van der Waals surface area contributed by atoms with Crippen LogP contribution >= 0.6 is 0 Å². The van der Waals surface area contributed by atoms with Crippen LogP contribution in [0.15, 0.2) is 60.7 Å². The van der Waals surface area contributed by atoms with E-state index in [1.54, 1.807) is 34.6 Å². The Morgan fingerprint density at radius 3 is 1.86 bits per heavy atom. The van der Waals surface area contributed by atoms with Crippen molar-refractivity contribution in [2.45, 2.75) is 93.0 Å². The highest BCUT2D eigenvalue weighted by atomic mass is 32.2. The molecule has 13 heteroatoms. The van der Waals surface area contributed by atoms with Crippen LogP contribution in [0.2, 0.25) is 0 Å². The molecule has 1 fully saturated rings. The number of carbonyl (C=O) groups excluding carboxylic acids is 1. The van der Waals surface area contributed by atoms with Crippen LogP contribution in [-0.4, -0.2) is 78.3 Å². The Hall–Kier alpha value is -2.55. The predicted molar refractivity (Wildman–Crippen MR) is 197 cm³/mol. The second-order valence-corrected chi connectivity index (χ2v) is 18.8. The van der Waals surface area contributed by atoms with Gasteiger partial charge < -0.3 is 15.8 Å². The lowest BCUT2D eigenvalue weighted by atomic mass is 9.79. The van der Waals surface area contributed by atoms with Crippen molar-refractivity contribution < 1.29 is 34.7 Å². The fourth-order valence-corrected chi connectivity index (χ4v) is 6.53. The zero-order chi connectivity index (χ0) is 37.5. The van der Waals surface area contributed by atoms with E-state index in [0.29, 0.717) is 12.0 Å². The minimum Gasteiger partial charge on any atom is -0.444 e. The van der Waals surface area contributed by atoms with Crippen LogP contribution in [0.25, 0.3) is 0 Å². The largest absolute Gasteiger partial charge is 0.444 e. The number of nitrogens with one attached hydrogen (secondary N) is 1. The van der Waals surface area contributed by atoms with E-state index in [9.17, 15) is 21.6 Å². The van der Waals surface area contributed by atoms with Gasteiger partial charge in [-0.3, -0.25) is 13.3 Å². The molecule has 3 N–H and O–H groups in total. The van der Waals surface area contributed by atoms with E-state index in [-0.39, 0.29) is 19.6 Å². The Morgan fingerprint density at radius 2 is 1.43 bits per heavy atom. The monoisotopic (exact) mass is 727 g/mol. The van der Waals surface area contributed by atoms with Crippen molar-refractivity contribution in [1.82, 2.24) is 10.2 Å². The molecule has 1 saturated heterocycles. The number of benzene rings is 2. The van der Waals surface area contributed by atoms with Crippen molar-refractivity contribution in [2.75, 3.05) is 38.8 Å². The normalized spacial score (nSPS) is 17.4. The van der Waals surface area contributed by atoms with Gasteiger partial charge in [0.1, 0.15) is 5.60 Å². The van der Waals surface area contributed by atoms with Gasteiger partial charge in [-0.05, 0) is 61.5 Å². The summed E-state index contributed by atoms with van der Waals surface area (Å²) in [6, 6.07) is 20.1. The number of hydrogen-bond acceptors (Lipinski definition) is 10. The van der Waals surface area contributed by atoms with Gasteiger partial charge in [0, 0.05) is 26.2 Å². The summed E-state index contributed by atoms with van der Waals surface area (Å²) in [5.74, 6) is 0.826. The molecule has 0 spiro atoms. The molecule has 2 aromatic carbocycles. The molecular formula is C36H61N3O8S2. The number of likely N-dealkylation sites (tertiary alicyclic amines) is 1. The lowest BCUT2D eigenvalue weighted by Gasteiger charge is -2.41. The molecule has 0 aliphatic carbocycles. The molecular weight excluding hydrogens is 667 g/mol. The van der Waals surface area contributed by atoms with Crippen LogP contribution in [0.5, 0.6) is 0 Å². The molecule has 1 aliphatic rings. The Balaban J connectivity index is 0.000000419. The van der Waals surface area contributed by atoms with Gasteiger partial charge in [0.15, 0.2) is 0 Å². The Kier molecular flexibility index (Phi) is 17.9. The first-order chi connectivity index (χ1) is 22.4. The van der Waals surface area contributed by atoms with Crippen LogP contribution in [0.4, 0.5) is 4.79 Å². The van der Waals surface area contributed by atoms with Crippen molar-refractivity contribution in [3.63, 3.8) is 0 Å². The van der Waals surface area contributed by atoms with Gasteiger partial charge in [-0.25, -0.2) is 4.79 Å². The number of ether oxygens (including phenoxy) is 1. The maximum atomic E-state index is 11.9. The summed E-state index contributed by atoms with van der Waals surface area (Å²) < 4.78 is 59.4.